The summed E-state index contributed by atoms with van der Waals surface area (Å²) < 4.78 is 26.1. The van der Waals surface area contributed by atoms with Crippen molar-refractivity contribution in [3.05, 3.63) is 0 Å². The molecule has 1 amide bonds. The molecule has 0 bridgehead atoms. The minimum Gasteiger partial charge on any atom is -0.353 e. The van der Waals surface area contributed by atoms with Gasteiger partial charge >= 0.3 is 0 Å². The Hall–Kier alpha value is -0.670. The summed E-state index contributed by atoms with van der Waals surface area (Å²) in [5, 5.41) is 2.71. The molecule has 2 atom stereocenters. The molecular weight excluding hydrogens is 200 g/mol. The lowest BCUT2D eigenvalue weighted by Crippen LogP contribution is -2.43. The highest BCUT2D eigenvalue weighted by Gasteiger charge is 2.36. The van der Waals surface area contributed by atoms with Crippen LogP contribution in [0.5, 0.6) is 0 Å². The van der Waals surface area contributed by atoms with E-state index in [0.717, 1.165) is 6.42 Å². The second-order valence-electron chi connectivity index (χ2n) is 4.47. The lowest BCUT2D eigenvalue weighted by Gasteiger charge is -2.30. The molecule has 1 rings (SSSR count). The van der Waals surface area contributed by atoms with Gasteiger partial charge in [0.15, 0.2) is 0 Å². The Morgan fingerprint density at radius 1 is 1.60 bits per heavy atom. The molecule has 0 aliphatic heterocycles. The Morgan fingerprint density at radius 3 is 2.80 bits per heavy atom. The summed E-state index contributed by atoms with van der Waals surface area (Å²) in [4.78, 5) is 11.5. The van der Waals surface area contributed by atoms with Crippen molar-refractivity contribution in [3.8, 4) is 0 Å². The van der Waals surface area contributed by atoms with Gasteiger partial charge in [0, 0.05) is 24.8 Å². The molecule has 0 radical (unpaired) electrons. The first kappa shape index (κ1) is 12.4. The molecule has 4 heteroatoms. The van der Waals surface area contributed by atoms with Crippen LogP contribution < -0.4 is 5.32 Å². The second-order valence-corrected chi connectivity index (χ2v) is 4.47. The highest BCUT2D eigenvalue weighted by Crippen LogP contribution is 2.33. The van der Waals surface area contributed by atoms with Crippen LogP contribution >= 0.6 is 0 Å². The van der Waals surface area contributed by atoms with Crippen molar-refractivity contribution < 1.29 is 13.6 Å². The van der Waals surface area contributed by atoms with Gasteiger partial charge in [0.1, 0.15) is 0 Å². The Kier molecular flexibility index (Phi) is 4.05. The number of nitrogens with one attached hydrogen (secondary N) is 1. The fraction of sp³-hybridized carbons (Fsp3) is 0.909. The third-order valence-electron chi connectivity index (χ3n) is 3.05. The van der Waals surface area contributed by atoms with Crippen molar-refractivity contribution in [2.24, 2.45) is 5.92 Å². The first-order valence-electron chi connectivity index (χ1n) is 5.63. The minimum atomic E-state index is -2.59. The van der Waals surface area contributed by atoms with E-state index < -0.39 is 5.92 Å². The highest BCUT2D eigenvalue weighted by atomic mass is 19.3. The summed E-state index contributed by atoms with van der Waals surface area (Å²) in [6.07, 6.45) is 1.68. The predicted octanol–water partition coefficient (Wildman–Crippen LogP) is 2.73. The van der Waals surface area contributed by atoms with Gasteiger partial charge in [-0.25, -0.2) is 8.78 Å². The zero-order chi connectivity index (χ0) is 11.5. The van der Waals surface area contributed by atoms with Crippen LogP contribution in [0.1, 0.15) is 46.0 Å². The van der Waals surface area contributed by atoms with Crippen LogP contribution in [-0.2, 0) is 4.79 Å². The first-order valence-corrected chi connectivity index (χ1v) is 5.63. The van der Waals surface area contributed by atoms with Gasteiger partial charge in [-0.15, -0.1) is 0 Å². The van der Waals surface area contributed by atoms with Gasteiger partial charge < -0.3 is 5.32 Å². The molecule has 1 saturated carbocycles. The van der Waals surface area contributed by atoms with E-state index in [2.05, 4.69) is 5.32 Å². The summed E-state index contributed by atoms with van der Waals surface area (Å²) in [5.74, 6) is -2.77. The van der Waals surface area contributed by atoms with Gasteiger partial charge in [0.25, 0.3) is 0 Å². The van der Waals surface area contributed by atoms with E-state index in [4.69, 9.17) is 0 Å². The quantitative estimate of drug-likeness (QED) is 0.777. The van der Waals surface area contributed by atoms with E-state index in [1.54, 1.807) is 0 Å². The summed E-state index contributed by atoms with van der Waals surface area (Å²) in [6, 6.07) is -0.338. The van der Waals surface area contributed by atoms with Gasteiger partial charge in [-0.1, -0.05) is 13.8 Å². The number of hydrogen-bond donors (Lipinski definition) is 1. The summed E-state index contributed by atoms with van der Waals surface area (Å²) in [5.41, 5.74) is 0. The van der Waals surface area contributed by atoms with Gasteiger partial charge in [0.05, 0.1) is 0 Å². The topological polar surface area (TPSA) is 29.1 Å². The molecule has 0 unspecified atom stereocenters. The molecule has 0 spiro atoms. The highest BCUT2D eigenvalue weighted by molar-refractivity contribution is 5.78. The van der Waals surface area contributed by atoms with Gasteiger partial charge in [-0.05, 0) is 19.3 Å². The maximum Gasteiger partial charge on any atom is 0.250 e. The Labute approximate surface area is 89.4 Å². The van der Waals surface area contributed by atoms with Crippen molar-refractivity contribution in [1.82, 2.24) is 5.32 Å². The van der Waals surface area contributed by atoms with E-state index in [0.29, 0.717) is 12.8 Å². The zero-order valence-electron chi connectivity index (χ0n) is 9.35. The van der Waals surface area contributed by atoms with E-state index >= 15 is 0 Å². The fourth-order valence-electron chi connectivity index (χ4n) is 1.82. The standard InChI is InChI=1S/C11H19F2NO/c1-3-8(2)10(15)14-9-5-4-6-11(12,13)7-9/h8-9H,3-7H2,1-2H3,(H,14,15)/t8-,9-/m1/s1. The molecule has 1 fully saturated rings. The van der Waals surface area contributed by atoms with Crippen molar-refractivity contribution >= 4 is 5.91 Å². The average molecular weight is 219 g/mol. The van der Waals surface area contributed by atoms with Crippen LogP contribution in [0.3, 0.4) is 0 Å². The van der Waals surface area contributed by atoms with E-state index in [1.807, 2.05) is 13.8 Å². The smallest absolute Gasteiger partial charge is 0.250 e. The SMILES string of the molecule is CC[C@@H](C)C(=O)N[C@@H]1CCCC(F)(F)C1. The molecule has 88 valence electrons. The van der Waals surface area contributed by atoms with Crippen molar-refractivity contribution in [3.63, 3.8) is 0 Å². The monoisotopic (exact) mass is 219 g/mol. The van der Waals surface area contributed by atoms with E-state index in [1.165, 1.54) is 0 Å². The number of rotatable bonds is 3. The summed E-state index contributed by atoms with van der Waals surface area (Å²) in [7, 11) is 0. The van der Waals surface area contributed by atoms with E-state index in [9.17, 15) is 13.6 Å². The number of halogens is 2. The molecule has 0 aromatic heterocycles. The number of hydrogen-bond acceptors (Lipinski definition) is 1. The number of carbonyl (C=O) groups excluding carboxylic acids is 1. The Morgan fingerprint density at radius 2 is 2.27 bits per heavy atom. The lowest BCUT2D eigenvalue weighted by atomic mass is 9.91. The maximum atomic E-state index is 13.0. The van der Waals surface area contributed by atoms with Gasteiger partial charge in [-0.3, -0.25) is 4.79 Å². The maximum absolute atomic E-state index is 13.0. The molecule has 0 aromatic rings. The largest absolute Gasteiger partial charge is 0.353 e. The first-order chi connectivity index (χ1) is 6.94. The summed E-state index contributed by atoms with van der Waals surface area (Å²) >= 11 is 0. The number of amides is 1. The van der Waals surface area contributed by atoms with Gasteiger partial charge in [0.2, 0.25) is 11.8 Å². The molecule has 1 aliphatic carbocycles. The van der Waals surface area contributed by atoms with Crippen molar-refractivity contribution in [2.45, 2.75) is 57.9 Å². The molecular formula is C11H19F2NO. The van der Waals surface area contributed by atoms with Crippen LogP contribution in [0, 0.1) is 5.92 Å². The molecule has 0 saturated heterocycles. The van der Waals surface area contributed by atoms with Crippen molar-refractivity contribution in [2.75, 3.05) is 0 Å². The summed E-state index contributed by atoms with van der Waals surface area (Å²) in [6.45, 7) is 3.73. The lowest BCUT2D eigenvalue weighted by molar-refractivity contribution is -0.126. The normalized spacial score (nSPS) is 27.1. The van der Waals surface area contributed by atoms with Crippen LogP contribution in [0.15, 0.2) is 0 Å². The molecule has 2 nitrogen and oxygen atoms in total. The van der Waals surface area contributed by atoms with Crippen molar-refractivity contribution in [1.29, 1.82) is 0 Å². The fourth-order valence-corrected chi connectivity index (χ4v) is 1.82. The van der Waals surface area contributed by atoms with Crippen LogP contribution in [-0.4, -0.2) is 17.9 Å². The second kappa shape index (κ2) is 4.90. The van der Waals surface area contributed by atoms with Crippen LogP contribution in [0.25, 0.3) is 0 Å². The predicted molar refractivity (Wildman–Crippen MR) is 54.8 cm³/mol. The molecule has 0 aromatic carbocycles. The van der Waals surface area contributed by atoms with Crippen LogP contribution in [0.4, 0.5) is 8.78 Å². The molecule has 15 heavy (non-hydrogen) atoms. The van der Waals surface area contributed by atoms with E-state index in [-0.39, 0.29) is 30.7 Å². The molecule has 0 heterocycles. The third-order valence-corrected chi connectivity index (χ3v) is 3.05. The molecule has 1 N–H and O–H groups in total. The number of carbonyl (C=O) groups is 1. The molecule has 1 aliphatic rings. The van der Waals surface area contributed by atoms with Crippen LogP contribution in [0.2, 0.25) is 0 Å². The Balaban J connectivity index is 2.41. The third kappa shape index (κ3) is 3.76. The average Bonchev–Trinajstić information content (AvgIpc) is 2.14. The Bertz CT molecular complexity index is 231. The number of alkyl halides is 2. The minimum absolute atomic E-state index is 0.0390. The van der Waals surface area contributed by atoms with Gasteiger partial charge in [-0.2, -0.15) is 0 Å². The zero-order valence-corrected chi connectivity index (χ0v) is 9.35.